The molecule has 1 heterocycles. The summed E-state index contributed by atoms with van der Waals surface area (Å²) < 4.78 is 25.0. The average Bonchev–Trinajstić information content (AvgIpc) is 2.63. The van der Waals surface area contributed by atoms with Crippen LogP contribution in [0.2, 0.25) is 0 Å². The zero-order chi connectivity index (χ0) is 18.5. The predicted octanol–water partition coefficient (Wildman–Crippen LogP) is 3.26. The molecule has 0 radical (unpaired) electrons. The molecule has 2 aromatic rings. The van der Waals surface area contributed by atoms with Crippen LogP contribution >= 0.6 is 0 Å². The molecule has 0 aliphatic carbocycles. The number of hydrogen-bond donors (Lipinski definition) is 1. The van der Waals surface area contributed by atoms with Gasteiger partial charge in [-0.15, -0.1) is 0 Å². The number of aryl methyl sites for hydroxylation is 1. The van der Waals surface area contributed by atoms with E-state index >= 15 is 0 Å². The number of halogens is 1. The Balaban J connectivity index is 1.52. The van der Waals surface area contributed by atoms with Gasteiger partial charge in [0.15, 0.2) is 0 Å². The van der Waals surface area contributed by atoms with Gasteiger partial charge in [0.1, 0.15) is 24.3 Å². The Morgan fingerprint density at radius 3 is 2.88 bits per heavy atom. The molecule has 5 heteroatoms. The van der Waals surface area contributed by atoms with Crippen LogP contribution in [0.5, 0.6) is 5.75 Å². The number of morpholine rings is 1. The van der Waals surface area contributed by atoms with Crippen LogP contribution in [0.15, 0.2) is 42.5 Å². The SMILES string of the molecule is Cc1cccc(OCC(O)CN2CCOC(c3cccc(F)c3)C2)c1C. The van der Waals surface area contributed by atoms with Crippen LogP contribution in [0.3, 0.4) is 0 Å². The van der Waals surface area contributed by atoms with Crippen LogP contribution in [0.4, 0.5) is 4.39 Å². The van der Waals surface area contributed by atoms with E-state index in [0.717, 1.165) is 23.4 Å². The van der Waals surface area contributed by atoms with Crippen LogP contribution in [0.1, 0.15) is 22.8 Å². The van der Waals surface area contributed by atoms with Crippen LogP contribution in [-0.4, -0.2) is 49.0 Å². The van der Waals surface area contributed by atoms with Gasteiger partial charge in [0, 0.05) is 19.6 Å². The molecule has 26 heavy (non-hydrogen) atoms. The molecular weight excluding hydrogens is 333 g/mol. The second kappa shape index (κ2) is 8.62. The molecule has 0 aromatic heterocycles. The van der Waals surface area contributed by atoms with Gasteiger partial charge in [-0.3, -0.25) is 4.90 Å². The Morgan fingerprint density at radius 1 is 1.27 bits per heavy atom. The molecular formula is C21H26FNO3. The molecule has 1 aliphatic heterocycles. The summed E-state index contributed by atoms with van der Waals surface area (Å²) in [5.41, 5.74) is 3.09. The molecule has 0 saturated carbocycles. The first-order chi connectivity index (χ1) is 12.5. The molecule has 0 spiro atoms. The van der Waals surface area contributed by atoms with E-state index in [-0.39, 0.29) is 18.5 Å². The maximum atomic E-state index is 13.4. The molecule has 1 aliphatic rings. The number of benzene rings is 2. The highest BCUT2D eigenvalue weighted by Gasteiger charge is 2.24. The molecule has 2 aromatic carbocycles. The molecule has 140 valence electrons. The van der Waals surface area contributed by atoms with Gasteiger partial charge >= 0.3 is 0 Å². The van der Waals surface area contributed by atoms with E-state index in [1.165, 1.54) is 17.7 Å². The number of rotatable bonds is 6. The lowest BCUT2D eigenvalue weighted by atomic mass is 10.1. The van der Waals surface area contributed by atoms with Gasteiger partial charge < -0.3 is 14.6 Å². The van der Waals surface area contributed by atoms with Crippen LogP contribution < -0.4 is 4.74 Å². The third-order valence-corrected chi connectivity index (χ3v) is 4.83. The zero-order valence-corrected chi connectivity index (χ0v) is 15.3. The van der Waals surface area contributed by atoms with Crippen molar-refractivity contribution >= 4 is 0 Å². The number of aliphatic hydroxyl groups excluding tert-OH is 1. The summed E-state index contributed by atoms with van der Waals surface area (Å²) in [6.07, 6.45) is -0.771. The van der Waals surface area contributed by atoms with Crippen molar-refractivity contribution in [1.29, 1.82) is 0 Å². The summed E-state index contributed by atoms with van der Waals surface area (Å²) in [4.78, 5) is 2.14. The summed E-state index contributed by atoms with van der Waals surface area (Å²) in [7, 11) is 0. The average molecular weight is 359 g/mol. The number of nitrogens with zero attached hydrogens (tertiary/aromatic N) is 1. The van der Waals surface area contributed by atoms with Crippen molar-refractivity contribution in [2.24, 2.45) is 0 Å². The standard InChI is InChI=1S/C21H26FNO3/c1-15-5-3-8-20(16(15)2)26-14-19(24)12-23-9-10-25-21(13-23)17-6-4-7-18(22)11-17/h3-8,11,19,21,24H,9-10,12-14H2,1-2H3. The Kier molecular flexibility index (Phi) is 6.25. The fourth-order valence-corrected chi connectivity index (χ4v) is 3.19. The Morgan fingerprint density at radius 2 is 2.08 bits per heavy atom. The summed E-state index contributed by atoms with van der Waals surface area (Å²) in [6, 6.07) is 12.4. The van der Waals surface area contributed by atoms with E-state index in [2.05, 4.69) is 4.90 Å². The maximum absolute atomic E-state index is 13.4. The minimum absolute atomic E-state index is 0.174. The van der Waals surface area contributed by atoms with E-state index in [1.54, 1.807) is 6.07 Å². The van der Waals surface area contributed by atoms with Crippen molar-refractivity contribution in [3.8, 4) is 5.75 Å². The minimum Gasteiger partial charge on any atom is -0.491 e. The quantitative estimate of drug-likeness (QED) is 0.860. The molecule has 0 bridgehead atoms. The lowest BCUT2D eigenvalue weighted by molar-refractivity contribution is -0.0460. The minimum atomic E-state index is -0.596. The number of aliphatic hydroxyl groups is 1. The lowest BCUT2D eigenvalue weighted by Crippen LogP contribution is -2.43. The molecule has 1 fully saturated rings. The molecule has 4 nitrogen and oxygen atoms in total. The number of hydrogen-bond acceptors (Lipinski definition) is 4. The van der Waals surface area contributed by atoms with Gasteiger partial charge in [-0.1, -0.05) is 24.3 Å². The summed E-state index contributed by atoms with van der Waals surface area (Å²) in [5.74, 6) is 0.550. The molecule has 1 N–H and O–H groups in total. The largest absolute Gasteiger partial charge is 0.491 e. The molecule has 0 amide bonds. The molecule has 2 unspecified atom stereocenters. The van der Waals surface area contributed by atoms with Crippen molar-refractivity contribution in [2.75, 3.05) is 32.8 Å². The Labute approximate surface area is 154 Å². The fourth-order valence-electron chi connectivity index (χ4n) is 3.19. The van der Waals surface area contributed by atoms with Crippen molar-refractivity contribution < 1.29 is 19.0 Å². The van der Waals surface area contributed by atoms with Crippen LogP contribution in [0, 0.1) is 19.7 Å². The number of β-amino-alcohol motifs (C(OH)–C–C–N with tert-alkyl or cyclic N) is 1. The van der Waals surface area contributed by atoms with E-state index in [0.29, 0.717) is 19.7 Å². The zero-order valence-electron chi connectivity index (χ0n) is 15.3. The third-order valence-electron chi connectivity index (χ3n) is 4.83. The number of ether oxygens (including phenoxy) is 2. The van der Waals surface area contributed by atoms with Gasteiger partial charge in [-0.05, 0) is 48.7 Å². The summed E-state index contributed by atoms with van der Waals surface area (Å²) in [6.45, 7) is 6.73. The van der Waals surface area contributed by atoms with Crippen LogP contribution in [0.25, 0.3) is 0 Å². The van der Waals surface area contributed by atoms with Gasteiger partial charge in [-0.2, -0.15) is 0 Å². The van der Waals surface area contributed by atoms with E-state index in [9.17, 15) is 9.50 Å². The normalized spacial score (nSPS) is 19.3. The summed E-state index contributed by atoms with van der Waals surface area (Å²) in [5, 5.41) is 10.4. The van der Waals surface area contributed by atoms with Gasteiger partial charge in [0.2, 0.25) is 0 Å². The summed E-state index contributed by atoms with van der Waals surface area (Å²) >= 11 is 0. The molecule has 3 rings (SSSR count). The van der Waals surface area contributed by atoms with E-state index in [1.807, 2.05) is 38.1 Å². The lowest BCUT2D eigenvalue weighted by Gasteiger charge is -2.34. The first-order valence-corrected chi connectivity index (χ1v) is 8.99. The highest BCUT2D eigenvalue weighted by atomic mass is 19.1. The Hall–Kier alpha value is -1.95. The monoisotopic (exact) mass is 359 g/mol. The highest BCUT2D eigenvalue weighted by Crippen LogP contribution is 2.23. The van der Waals surface area contributed by atoms with Crippen molar-refractivity contribution in [3.63, 3.8) is 0 Å². The first-order valence-electron chi connectivity index (χ1n) is 8.99. The second-order valence-electron chi connectivity index (χ2n) is 6.84. The second-order valence-corrected chi connectivity index (χ2v) is 6.84. The molecule has 2 atom stereocenters. The van der Waals surface area contributed by atoms with Crippen molar-refractivity contribution in [1.82, 2.24) is 4.90 Å². The van der Waals surface area contributed by atoms with Gasteiger partial charge in [0.05, 0.1) is 12.7 Å². The van der Waals surface area contributed by atoms with Gasteiger partial charge in [-0.25, -0.2) is 4.39 Å². The highest BCUT2D eigenvalue weighted by molar-refractivity contribution is 5.38. The topological polar surface area (TPSA) is 41.9 Å². The van der Waals surface area contributed by atoms with Crippen molar-refractivity contribution in [2.45, 2.75) is 26.1 Å². The smallest absolute Gasteiger partial charge is 0.123 e. The van der Waals surface area contributed by atoms with Gasteiger partial charge in [0.25, 0.3) is 0 Å². The Bertz CT molecular complexity index is 737. The van der Waals surface area contributed by atoms with Crippen molar-refractivity contribution in [3.05, 3.63) is 65.0 Å². The van der Waals surface area contributed by atoms with E-state index < -0.39 is 6.10 Å². The van der Waals surface area contributed by atoms with Crippen LogP contribution in [-0.2, 0) is 4.74 Å². The molecule has 1 saturated heterocycles. The first kappa shape index (κ1) is 18.8. The third kappa shape index (κ3) is 4.81. The fraction of sp³-hybridized carbons (Fsp3) is 0.429. The predicted molar refractivity (Wildman–Crippen MR) is 99.0 cm³/mol. The maximum Gasteiger partial charge on any atom is 0.123 e. The van der Waals surface area contributed by atoms with E-state index in [4.69, 9.17) is 9.47 Å².